The predicted octanol–water partition coefficient (Wildman–Crippen LogP) is 4.82. The number of hydrogen-bond donors (Lipinski definition) is 3. The van der Waals surface area contributed by atoms with Gasteiger partial charge < -0.3 is 20.5 Å². The van der Waals surface area contributed by atoms with E-state index in [1.807, 2.05) is 38.6 Å². The number of hydrogen-bond acceptors (Lipinski definition) is 6. The number of amides is 2. The van der Waals surface area contributed by atoms with Gasteiger partial charge in [0.2, 0.25) is 0 Å². The minimum Gasteiger partial charge on any atom is -0.465 e. The van der Waals surface area contributed by atoms with Gasteiger partial charge in [0.05, 0.1) is 17.3 Å². The van der Waals surface area contributed by atoms with E-state index in [0.717, 1.165) is 40.8 Å². The second-order valence-electron chi connectivity index (χ2n) is 10.5. The highest BCUT2D eigenvalue weighted by Gasteiger charge is 2.28. The van der Waals surface area contributed by atoms with Crippen LogP contribution in [0.1, 0.15) is 69.1 Å². The third-order valence-electron chi connectivity index (χ3n) is 6.83. The zero-order valence-corrected chi connectivity index (χ0v) is 22.9. The summed E-state index contributed by atoms with van der Waals surface area (Å²) in [6.07, 6.45) is 3.28. The number of carboxylic acid groups (broad SMARTS) is 1. The zero-order chi connectivity index (χ0) is 27.4. The van der Waals surface area contributed by atoms with Crippen LogP contribution < -0.4 is 15.5 Å². The Morgan fingerprint density at radius 1 is 1.21 bits per heavy atom. The minimum atomic E-state index is -1.07. The van der Waals surface area contributed by atoms with E-state index in [9.17, 15) is 14.7 Å². The molecule has 10 heteroatoms. The quantitative estimate of drug-likeness (QED) is 0.388. The van der Waals surface area contributed by atoms with Crippen molar-refractivity contribution < 1.29 is 19.4 Å². The summed E-state index contributed by atoms with van der Waals surface area (Å²) in [6, 6.07) is 6.97. The number of nitrogens with one attached hydrogen (secondary N) is 2. The van der Waals surface area contributed by atoms with Gasteiger partial charge in [0.1, 0.15) is 0 Å². The molecule has 3 heterocycles. The van der Waals surface area contributed by atoms with Crippen LogP contribution in [0.2, 0.25) is 0 Å². The molecule has 0 spiro atoms. The first-order chi connectivity index (χ1) is 18.1. The van der Waals surface area contributed by atoms with Gasteiger partial charge in [-0.1, -0.05) is 13.0 Å². The molecule has 0 bridgehead atoms. The summed E-state index contributed by atoms with van der Waals surface area (Å²) in [4.78, 5) is 31.4. The molecule has 3 aromatic rings. The number of carbonyl (C=O) groups excluding carboxylic acids is 1. The van der Waals surface area contributed by atoms with Crippen LogP contribution in [0.5, 0.6) is 0 Å². The number of fused-ring (bicyclic) bond motifs is 1. The van der Waals surface area contributed by atoms with Crippen LogP contribution in [0.15, 0.2) is 30.5 Å². The molecule has 204 valence electrons. The lowest BCUT2D eigenvalue weighted by Crippen LogP contribution is -2.45. The lowest BCUT2D eigenvalue weighted by Gasteiger charge is -2.33. The first kappa shape index (κ1) is 27.4. The predicted molar refractivity (Wildman–Crippen MR) is 148 cm³/mol. The Labute approximate surface area is 223 Å². The lowest BCUT2D eigenvalue weighted by molar-refractivity contribution is 0.0904. The molecule has 0 aliphatic carbocycles. The van der Waals surface area contributed by atoms with E-state index < -0.39 is 11.6 Å². The average molecular weight is 523 g/mol. The van der Waals surface area contributed by atoms with Gasteiger partial charge in [-0.25, -0.2) is 14.5 Å². The molecule has 0 radical (unpaired) electrons. The first-order valence-corrected chi connectivity index (χ1v) is 13.3. The largest absolute Gasteiger partial charge is 0.465 e. The van der Waals surface area contributed by atoms with Crippen LogP contribution in [-0.2, 0) is 24.2 Å². The maximum Gasteiger partial charge on any atom is 0.412 e. The Morgan fingerprint density at radius 2 is 1.95 bits per heavy atom. The number of carbonyl (C=O) groups is 2. The van der Waals surface area contributed by atoms with Crippen molar-refractivity contribution in [2.45, 2.75) is 78.6 Å². The summed E-state index contributed by atoms with van der Waals surface area (Å²) in [7, 11) is 0. The normalized spacial score (nSPS) is 14.4. The molecule has 10 nitrogen and oxygen atoms in total. The number of ether oxygens (including phenoxy) is 1. The number of aryl methyl sites for hydroxylation is 2. The van der Waals surface area contributed by atoms with E-state index in [-0.39, 0.29) is 18.5 Å². The van der Waals surface area contributed by atoms with Gasteiger partial charge in [-0.15, -0.1) is 0 Å². The van der Waals surface area contributed by atoms with Gasteiger partial charge in [0, 0.05) is 60.4 Å². The standard InChI is InChI=1S/C28H38N6O4/c1-6-23-21(16-29-26(35)18-9-8-10-20(15-18)34(27(36)37)28(3,4)5)24(31-19-11-13-38-14-12-19)22-17-30-33(7-2)25(22)32-23/h8-10,15,17,19H,6-7,11-14,16H2,1-5H3,(H,29,35)(H,31,32)(H,36,37). The summed E-state index contributed by atoms with van der Waals surface area (Å²) in [6.45, 7) is 12.0. The second kappa shape index (κ2) is 11.4. The number of rotatable bonds is 8. The molecule has 1 aromatic carbocycles. The van der Waals surface area contributed by atoms with Gasteiger partial charge in [-0.2, -0.15) is 5.10 Å². The smallest absolute Gasteiger partial charge is 0.412 e. The molecule has 1 aliphatic heterocycles. The Bertz CT molecular complexity index is 1310. The van der Waals surface area contributed by atoms with Crippen molar-refractivity contribution in [2.75, 3.05) is 23.4 Å². The maximum absolute atomic E-state index is 13.3. The minimum absolute atomic E-state index is 0.259. The van der Waals surface area contributed by atoms with Crippen LogP contribution in [0, 0.1) is 0 Å². The van der Waals surface area contributed by atoms with Gasteiger partial charge in [-0.05, 0) is 65.2 Å². The fourth-order valence-corrected chi connectivity index (χ4v) is 4.94. The molecular formula is C28H38N6O4. The number of aromatic nitrogens is 3. The van der Waals surface area contributed by atoms with Crippen molar-refractivity contribution in [3.05, 3.63) is 47.3 Å². The van der Waals surface area contributed by atoms with Crippen molar-refractivity contribution in [2.24, 2.45) is 0 Å². The highest BCUT2D eigenvalue weighted by Crippen LogP contribution is 2.31. The molecule has 1 fully saturated rings. The first-order valence-electron chi connectivity index (χ1n) is 13.3. The van der Waals surface area contributed by atoms with Crippen molar-refractivity contribution >= 4 is 34.4 Å². The summed E-state index contributed by atoms with van der Waals surface area (Å²) in [5.41, 5.74) is 3.81. The molecule has 2 aromatic heterocycles. The summed E-state index contributed by atoms with van der Waals surface area (Å²) in [5, 5.41) is 22.0. The number of anilines is 2. The SMILES string of the molecule is CCc1nc2c(cnn2CC)c(NC2CCOCC2)c1CNC(=O)c1cccc(N(C(=O)O)C(C)(C)C)c1. The van der Waals surface area contributed by atoms with E-state index >= 15 is 0 Å². The molecule has 3 N–H and O–H groups in total. The fourth-order valence-electron chi connectivity index (χ4n) is 4.94. The summed E-state index contributed by atoms with van der Waals surface area (Å²) in [5.74, 6) is -0.283. The molecule has 1 saturated heterocycles. The molecule has 0 saturated carbocycles. The van der Waals surface area contributed by atoms with E-state index in [0.29, 0.717) is 37.4 Å². The second-order valence-corrected chi connectivity index (χ2v) is 10.5. The summed E-state index contributed by atoms with van der Waals surface area (Å²) < 4.78 is 7.44. The number of pyridine rings is 1. The van der Waals surface area contributed by atoms with Crippen LogP contribution in [-0.4, -0.2) is 56.7 Å². The van der Waals surface area contributed by atoms with Gasteiger partial charge in [0.25, 0.3) is 5.91 Å². The zero-order valence-electron chi connectivity index (χ0n) is 22.9. The van der Waals surface area contributed by atoms with E-state index in [2.05, 4.69) is 22.7 Å². The highest BCUT2D eigenvalue weighted by atomic mass is 16.5. The van der Waals surface area contributed by atoms with Crippen molar-refractivity contribution in [1.29, 1.82) is 0 Å². The number of nitrogens with zero attached hydrogens (tertiary/aromatic N) is 4. The average Bonchev–Trinajstić information content (AvgIpc) is 3.30. The molecular weight excluding hydrogens is 484 g/mol. The number of benzene rings is 1. The van der Waals surface area contributed by atoms with E-state index in [1.165, 1.54) is 4.90 Å². The van der Waals surface area contributed by atoms with Gasteiger partial charge >= 0.3 is 6.09 Å². The van der Waals surface area contributed by atoms with E-state index in [4.69, 9.17) is 9.72 Å². The van der Waals surface area contributed by atoms with E-state index in [1.54, 1.807) is 24.3 Å². The third-order valence-corrected chi connectivity index (χ3v) is 6.83. The molecule has 0 unspecified atom stereocenters. The Kier molecular flexibility index (Phi) is 8.20. The van der Waals surface area contributed by atoms with Crippen molar-refractivity contribution in [3.63, 3.8) is 0 Å². The van der Waals surface area contributed by atoms with Gasteiger partial charge in [0.15, 0.2) is 5.65 Å². The Hall–Kier alpha value is -3.66. The van der Waals surface area contributed by atoms with Crippen molar-refractivity contribution in [1.82, 2.24) is 20.1 Å². The van der Waals surface area contributed by atoms with Crippen LogP contribution >= 0.6 is 0 Å². The van der Waals surface area contributed by atoms with Crippen LogP contribution in [0.25, 0.3) is 11.0 Å². The summed E-state index contributed by atoms with van der Waals surface area (Å²) >= 11 is 0. The van der Waals surface area contributed by atoms with Crippen molar-refractivity contribution in [3.8, 4) is 0 Å². The Morgan fingerprint density at radius 3 is 2.58 bits per heavy atom. The topological polar surface area (TPSA) is 122 Å². The molecule has 38 heavy (non-hydrogen) atoms. The highest BCUT2D eigenvalue weighted by molar-refractivity contribution is 5.97. The Balaban J connectivity index is 1.65. The molecule has 2 amide bonds. The molecule has 0 atom stereocenters. The molecule has 4 rings (SSSR count). The molecule has 1 aliphatic rings. The van der Waals surface area contributed by atoms with Crippen LogP contribution in [0.3, 0.4) is 0 Å². The van der Waals surface area contributed by atoms with Crippen LogP contribution in [0.4, 0.5) is 16.2 Å². The fraction of sp³-hybridized carbons (Fsp3) is 0.500. The maximum atomic E-state index is 13.3. The third kappa shape index (κ3) is 5.75. The van der Waals surface area contributed by atoms with Gasteiger partial charge in [-0.3, -0.25) is 9.69 Å². The monoisotopic (exact) mass is 522 g/mol. The lowest BCUT2D eigenvalue weighted by atomic mass is 10.0.